The fourth-order valence-corrected chi connectivity index (χ4v) is 3.21. The summed E-state index contributed by atoms with van der Waals surface area (Å²) in [5.74, 6) is 0.815. The molecule has 2 aromatic rings. The molecule has 0 spiro atoms. The highest BCUT2D eigenvalue weighted by atomic mass is 32.2. The number of nitrogens with zero attached hydrogens (tertiary/aromatic N) is 2. The Bertz CT molecular complexity index is 722. The molecule has 1 aromatic carbocycles. The summed E-state index contributed by atoms with van der Waals surface area (Å²) in [6.45, 7) is 1.76. The number of ether oxygens (including phenoxy) is 1. The van der Waals surface area contributed by atoms with Gasteiger partial charge in [0.2, 0.25) is 10.0 Å². The minimum Gasteiger partial charge on any atom is -0.497 e. The third kappa shape index (κ3) is 3.17. The Morgan fingerprint density at radius 1 is 1.33 bits per heavy atom. The fraction of sp³-hybridized carbons (Fsp3) is 0.308. The van der Waals surface area contributed by atoms with Gasteiger partial charge in [-0.25, -0.2) is 13.1 Å². The van der Waals surface area contributed by atoms with Crippen LogP contribution in [0.25, 0.3) is 0 Å². The van der Waals surface area contributed by atoms with E-state index in [4.69, 9.17) is 10.5 Å². The number of methoxy groups -OCH3 is 1. The van der Waals surface area contributed by atoms with Crippen molar-refractivity contribution < 1.29 is 13.2 Å². The standard InChI is InChI=1S/C13H18N4O3S/c1-9(10-4-6-11(20-3)7-5-10)16-21(18,19)12-8-15-17(2)13(12)14/h4-9,16H,14H2,1-3H3. The number of anilines is 1. The molecule has 0 saturated carbocycles. The van der Waals surface area contributed by atoms with Crippen molar-refractivity contribution in [3.8, 4) is 5.75 Å². The predicted molar refractivity (Wildman–Crippen MR) is 79.4 cm³/mol. The van der Waals surface area contributed by atoms with Crippen LogP contribution in [-0.4, -0.2) is 25.3 Å². The highest BCUT2D eigenvalue weighted by Crippen LogP contribution is 2.22. The molecule has 21 heavy (non-hydrogen) atoms. The van der Waals surface area contributed by atoms with Gasteiger partial charge in [0.05, 0.1) is 13.3 Å². The van der Waals surface area contributed by atoms with Crippen molar-refractivity contribution in [1.82, 2.24) is 14.5 Å². The second kappa shape index (κ2) is 5.74. The number of benzene rings is 1. The number of nitrogens with two attached hydrogens (primary N) is 1. The second-order valence-corrected chi connectivity index (χ2v) is 6.32. The van der Waals surface area contributed by atoms with E-state index in [2.05, 4.69) is 9.82 Å². The summed E-state index contributed by atoms with van der Waals surface area (Å²) in [6.07, 6.45) is 1.23. The fourth-order valence-electron chi connectivity index (χ4n) is 1.89. The summed E-state index contributed by atoms with van der Waals surface area (Å²) in [5, 5.41) is 3.84. The Balaban J connectivity index is 2.21. The molecule has 8 heteroatoms. The maximum absolute atomic E-state index is 12.3. The molecule has 114 valence electrons. The van der Waals surface area contributed by atoms with Crippen LogP contribution in [0.5, 0.6) is 5.75 Å². The van der Waals surface area contributed by atoms with E-state index in [0.29, 0.717) is 5.75 Å². The zero-order valence-electron chi connectivity index (χ0n) is 12.1. The molecule has 1 aromatic heterocycles. The third-order valence-electron chi connectivity index (χ3n) is 3.19. The van der Waals surface area contributed by atoms with Crippen molar-refractivity contribution >= 4 is 15.8 Å². The number of aromatic nitrogens is 2. The first-order valence-corrected chi connectivity index (χ1v) is 7.77. The first-order valence-electron chi connectivity index (χ1n) is 6.29. The Kier molecular flexibility index (Phi) is 4.19. The van der Waals surface area contributed by atoms with Crippen LogP contribution in [0.15, 0.2) is 35.4 Å². The van der Waals surface area contributed by atoms with Crippen LogP contribution in [0.1, 0.15) is 18.5 Å². The van der Waals surface area contributed by atoms with Gasteiger partial charge in [0, 0.05) is 13.1 Å². The van der Waals surface area contributed by atoms with E-state index < -0.39 is 16.1 Å². The largest absolute Gasteiger partial charge is 0.497 e. The van der Waals surface area contributed by atoms with Gasteiger partial charge in [-0.15, -0.1) is 0 Å². The van der Waals surface area contributed by atoms with Crippen molar-refractivity contribution in [1.29, 1.82) is 0 Å². The monoisotopic (exact) mass is 310 g/mol. The number of rotatable bonds is 5. The Morgan fingerprint density at radius 2 is 1.95 bits per heavy atom. The molecule has 7 nitrogen and oxygen atoms in total. The third-order valence-corrected chi connectivity index (χ3v) is 4.74. The number of nitrogens with one attached hydrogen (secondary N) is 1. The van der Waals surface area contributed by atoms with Crippen LogP contribution in [0.4, 0.5) is 5.82 Å². The van der Waals surface area contributed by atoms with E-state index in [9.17, 15) is 8.42 Å². The molecule has 0 fully saturated rings. The molecule has 0 amide bonds. The molecule has 0 aliphatic heterocycles. The number of hydrogen-bond donors (Lipinski definition) is 2. The van der Waals surface area contributed by atoms with E-state index in [-0.39, 0.29) is 10.7 Å². The second-order valence-electron chi connectivity index (χ2n) is 4.63. The highest BCUT2D eigenvalue weighted by Gasteiger charge is 2.23. The molecule has 2 rings (SSSR count). The summed E-state index contributed by atoms with van der Waals surface area (Å²) in [5.41, 5.74) is 6.53. The predicted octanol–water partition coefficient (Wildman–Crippen LogP) is 1.05. The van der Waals surface area contributed by atoms with Gasteiger partial charge >= 0.3 is 0 Å². The van der Waals surface area contributed by atoms with Gasteiger partial charge in [-0.2, -0.15) is 5.10 Å². The summed E-state index contributed by atoms with van der Waals surface area (Å²) < 4.78 is 33.6. The number of sulfonamides is 1. The molecule has 3 N–H and O–H groups in total. The first kappa shape index (κ1) is 15.3. The average Bonchev–Trinajstić information content (AvgIpc) is 2.79. The van der Waals surface area contributed by atoms with Crippen LogP contribution >= 0.6 is 0 Å². The maximum Gasteiger partial charge on any atom is 0.246 e. The van der Waals surface area contributed by atoms with E-state index in [1.165, 1.54) is 10.9 Å². The lowest BCUT2D eigenvalue weighted by Crippen LogP contribution is -2.27. The number of hydrogen-bond acceptors (Lipinski definition) is 5. The summed E-state index contributed by atoms with van der Waals surface area (Å²) in [7, 11) is -0.562. The van der Waals surface area contributed by atoms with E-state index in [1.807, 2.05) is 0 Å². The molecule has 0 radical (unpaired) electrons. The molecule has 1 heterocycles. The van der Waals surface area contributed by atoms with Crippen molar-refractivity contribution in [3.63, 3.8) is 0 Å². The van der Waals surface area contributed by atoms with Gasteiger partial charge in [0.1, 0.15) is 16.5 Å². The van der Waals surface area contributed by atoms with Crippen LogP contribution < -0.4 is 15.2 Å². The Morgan fingerprint density at radius 3 is 2.43 bits per heavy atom. The maximum atomic E-state index is 12.3. The van der Waals surface area contributed by atoms with Crippen molar-refractivity contribution in [2.24, 2.45) is 7.05 Å². The van der Waals surface area contributed by atoms with Crippen molar-refractivity contribution in [2.45, 2.75) is 17.9 Å². The lowest BCUT2D eigenvalue weighted by atomic mass is 10.1. The lowest BCUT2D eigenvalue weighted by molar-refractivity contribution is 0.414. The average molecular weight is 310 g/mol. The van der Waals surface area contributed by atoms with E-state index in [0.717, 1.165) is 5.56 Å². The van der Waals surface area contributed by atoms with Gasteiger partial charge in [0.25, 0.3) is 0 Å². The van der Waals surface area contributed by atoms with Crippen LogP contribution in [0.3, 0.4) is 0 Å². The molecule has 0 saturated heterocycles. The molecular formula is C13H18N4O3S. The molecule has 1 atom stereocenters. The zero-order valence-corrected chi connectivity index (χ0v) is 12.9. The number of aryl methyl sites for hydroxylation is 1. The SMILES string of the molecule is COc1ccc(C(C)NS(=O)(=O)c2cnn(C)c2N)cc1. The number of nitrogen functional groups attached to an aromatic ring is 1. The smallest absolute Gasteiger partial charge is 0.246 e. The molecule has 0 aliphatic carbocycles. The summed E-state index contributed by atoms with van der Waals surface area (Å²) in [4.78, 5) is -0.0228. The minimum absolute atomic E-state index is 0.0228. The topological polar surface area (TPSA) is 99.2 Å². The van der Waals surface area contributed by atoms with Gasteiger partial charge < -0.3 is 10.5 Å². The van der Waals surface area contributed by atoms with Crippen LogP contribution in [0.2, 0.25) is 0 Å². The quantitative estimate of drug-likeness (QED) is 0.860. The van der Waals surface area contributed by atoms with Gasteiger partial charge in [0.15, 0.2) is 0 Å². The summed E-state index contributed by atoms with van der Waals surface area (Å²) in [6, 6.07) is 6.76. The van der Waals surface area contributed by atoms with Gasteiger partial charge in [-0.05, 0) is 24.6 Å². The lowest BCUT2D eigenvalue weighted by Gasteiger charge is -2.14. The van der Waals surface area contributed by atoms with Gasteiger partial charge in [-0.3, -0.25) is 4.68 Å². The van der Waals surface area contributed by atoms with Crippen LogP contribution in [0, 0.1) is 0 Å². The molecule has 1 unspecified atom stereocenters. The highest BCUT2D eigenvalue weighted by molar-refractivity contribution is 7.89. The van der Waals surface area contributed by atoms with E-state index in [1.54, 1.807) is 45.3 Å². The van der Waals surface area contributed by atoms with Crippen molar-refractivity contribution in [2.75, 3.05) is 12.8 Å². The Hall–Kier alpha value is -2.06. The van der Waals surface area contributed by atoms with Crippen molar-refractivity contribution in [3.05, 3.63) is 36.0 Å². The molecule has 0 aliphatic rings. The van der Waals surface area contributed by atoms with Crippen LogP contribution in [-0.2, 0) is 17.1 Å². The normalized spacial score (nSPS) is 13.1. The molecule has 0 bridgehead atoms. The first-order chi connectivity index (χ1) is 9.85. The minimum atomic E-state index is -3.72. The van der Waals surface area contributed by atoms with E-state index >= 15 is 0 Å². The summed E-state index contributed by atoms with van der Waals surface area (Å²) >= 11 is 0. The molecular weight excluding hydrogens is 292 g/mol. The zero-order chi connectivity index (χ0) is 15.6. The van der Waals surface area contributed by atoms with Gasteiger partial charge in [-0.1, -0.05) is 12.1 Å². The Labute approximate surface area is 123 Å².